The van der Waals surface area contributed by atoms with Crippen molar-refractivity contribution in [3.63, 3.8) is 0 Å². The zero-order valence-corrected chi connectivity index (χ0v) is 15.2. The minimum absolute atomic E-state index is 0.0460. The molecule has 0 spiro atoms. The number of amides is 3. The molecule has 2 aromatic carbocycles. The molecule has 0 fully saturated rings. The zero-order valence-electron chi connectivity index (χ0n) is 15.2. The van der Waals surface area contributed by atoms with Crippen LogP contribution in [-0.4, -0.2) is 37.0 Å². The van der Waals surface area contributed by atoms with Crippen molar-refractivity contribution in [3.05, 3.63) is 65.2 Å². The fraction of sp³-hybridized carbons (Fsp3) is 0.300. The van der Waals surface area contributed by atoms with E-state index in [0.717, 1.165) is 23.3 Å². The highest BCUT2D eigenvalue weighted by atomic mass is 16.5. The van der Waals surface area contributed by atoms with Gasteiger partial charge in [-0.05, 0) is 42.7 Å². The molecular formula is C20H25N3O3. The van der Waals surface area contributed by atoms with Crippen molar-refractivity contribution in [1.82, 2.24) is 10.2 Å². The summed E-state index contributed by atoms with van der Waals surface area (Å²) in [5, 5.41) is 2.51. The number of urea groups is 1. The summed E-state index contributed by atoms with van der Waals surface area (Å²) in [6.07, 6.45) is 0.747. The number of hydrogen-bond donors (Lipinski definition) is 2. The van der Waals surface area contributed by atoms with Crippen molar-refractivity contribution >= 4 is 11.9 Å². The molecule has 2 aromatic rings. The summed E-state index contributed by atoms with van der Waals surface area (Å²) in [6.45, 7) is 3.51. The number of nitrogens with zero attached hydrogens (tertiary/aromatic N) is 1. The Bertz CT molecular complexity index is 744. The molecule has 0 bridgehead atoms. The number of aryl methyl sites for hydroxylation is 1. The zero-order chi connectivity index (χ0) is 18.9. The van der Waals surface area contributed by atoms with Crippen LogP contribution in [0.4, 0.5) is 4.79 Å². The van der Waals surface area contributed by atoms with Crippen molar-refractivity contribution in [2.45, 2.75) is 19.9 Å². The highest BCUT2D eigenvalue weighted by molar-refractivity contribution is 5.94. The van der Waals surface area contributed by atoms with Crippen LogP contribution < -0.4 is 15.8 Å². The summed E-state index contributed by atoms with van der Waals surface area (Å²) >= 11 is 0. The molecule has 0 saturated carbocycles. The van der Waals surface area contributed by atoms with Gasteiger partial charge in [-0.1, -0.05) is 30.3 Å². The number of carbonyl (C=O) groups is 2. The number of rotatable bonds is 8. The van der Waals surface area contributed by atoms with Gasteiger partial charge in [0.25, 0.3) is 5.91 Å². The first-order chi connectivity index (χ1) is 12.5. The highest BCUT2D eigenvalue weighted by Crippen LogP contribution is 2.16. The molecule has 0 atom stereocenters. The fourth-order valence-electron chi connectivity index (χ4n) is 2.48. The van der Waals surface area contributed by atoms with Gasteiger partial charge in [-0.2, -0.15) is 0 Å². The van der Waals surface area contributed by atoms with E-state index in [1.165, 1.54) is 0 Å². The lowest BCUT2D eigenvalue weighted by Crippen LogP contribution is -2.29. The minimum atomic E-state index is -0.571. The summed E-state index contributed by atoms with van der Waals surface area (Å²) in [4.78, 5) is 24.8. The average molecular weight is 355 g/mol. The SMILES string of the molecule is Cc1ccccc1OCCCN(C)C(=O)c1ccc(CNC(N)=O)cc1. The van der Waals surface area contributed by atoms with Crippen molar-refractivity contribution < 1.29 is 14.3 Å². The molecule has 0 saturated heterocycles. The number of carbonyl (C=O) groups excluding carboxylic acids is 2. The first kappa shape index (κ1) is 19.3. The van der Waals surface area contributed by atoms with Crippen molar-refractivity contribution in [2.24, 2.45) is 5.73 Å². The Kier molecular flexibility index (Phi) is 7.02. The Morgan fingerprint density at radius 2 is 1.81 bits per heavy atom. The molecule has 2 rings (SSSR count). The van der Waals surface area contributed by atoms with E-state index in [-0.39, 0.29) is 5.91 Å². The average Bonchev–Trinajstić information content (AvgIpc) is 2.64. The third-order valence-electron chi connectivity index (χ3n) is 4.00. The van der Waals surface area contributed by atoms with Gasteiger partial charge in [0, 0.05) is 25.7 Å². The molecule has 138 valence electrons. The third kappa shape index (κ3) is 5.81. The number of nitrogens with two attached hydrogens (primary N) is 1. The molecule has 3 N–H and O–H groups in total. The second-order valence-corrected chi connectivity index (χ2v) is 6.11. The first-order valence-corrected chi connectivity index (χ1v) is 8.53. The quantitative estimate of drug-likeness (QED) is 0.714. The van der Waals surface area contributed by atoms with E-state index in [4.69, 9.17) is 10.5 Å². The molecular weight excluding hydrogens is 330 g/mol. The molecule has 0 aliphatic rings. The van der Waals surface area contributed by atoms with E-state index < -0.39 is 6.03 Å². The minimum Gasteiger partial charge on any atom is -0.493 e. The van der Waals surface area contributed by atoms with Crippen LogP contribution in [0.25, 0.3) is 0 Å². The molecule has 0 aliphatic carbocycles. The van der Waals surface area contributed by atoms with Gasteiger partial charge >= 0.3 is 6.03 Å². The van der Waals surface area contributed by atoms with E-state index in [9.17, 15) is 9.59 Å². The van der Waals surface area contributed by atoms with E-state index >= 15 is 0 Å². The predicted molar refractivity (Wildman–Crippen MR) is 101 cm³/mol. The number of para-hydroxylation sites is 1. The van der Waals surface area contributed by atoms with E-state index in [1.807, 2.05) is 31.2 Å². The smallest absolute Gasteiger partial charge is 0.312 e. The largest absolute Gasteiger partial charge is 0.493 e. The maximum Gasteiger partial charge on any atom is 0.312 e. The van der Waals surface area contributed by atoms with Crippen LogP contribution in [-0.2, 0) is 6.54 Å². The van der Waals surface area contributed by atoms with Crippen molar-refractivity contribution in [1.29, 1.82) is 0 Å². The Morgan fingerprint density at radius 3 is 2.46 bits per heavy atom. The lowest BCUT2D eigenvalue weighted by Gasteiger charge is -2.18. The molecule has 0 radical (unpaired) electrons. The van der Waals surface area contributed by atoms with E-state index in [0.29, 0.717) is 25.3 Å². The normalized spacial score (nSPS) is 10.2. The van der Waals surface area contributed by atoms with Gasteiger partial charge in [0.05, 0.1) is 6.61 Å². The Morgan fingerprint density at radius 1 is 1.12 bits per heavy atom. The highest BCUT2D eigenvalue weighted by Gasteiger charge is 2.11. The molecule has 0 aliphatic heterocycles. The summed E-state index contributed by atoms with van der Waals surface area (Å²) < 4.78 is 5.75. The Hall–Kier alpha value is -3.02. The van der Waals surface area contributed by atoms with Gasteiger partial charge in [-0.15, -0.1) is 0 Å². The van der Waals surface area contributed by atoms with Gasteiger partial charge in [-0.25, -0.2) is 4.79 Å². The van der Waals surface area contributed by atoms with Crippen LogP contribution in [0.15, 0.2) is 48.5 Å². The van der Waals surface area contributed by atoms with Gasteiger partial charge < -0.3 is 20.7 Å². The number of nitrogens with one attached hydrogen (secondary N) is 1. The molecule has 0 aromatic heterocycles. The monoisotopic (exact) mass is 355 g/mol. The van der Waals surface area contributed by atoms with Gasteiger partial charge in [0.2, 0.25) is 0 Å². The molecule has 0 heterocycles. The maximum absolute atomic E-state index is 12.4. The van der Waals surface area contributed by atoms with Crippen LogP contribution in [0.3, 0.4) is 0 Å². The molecule has 6 nitrogen and oxygen atoms in total. The van der Waals surface area contributed by atoms with Crippen LogP contribution in [0, 0.1) is 6.92 Å². The van der Waals surface area contributed by atoms with Crippen LogP contribution >= 0.6 is 0 Å². The second kappa shape index (κ2) is 9.46. The van der Waals surface area contributed by atoms with E-state index in [2.05, 4.69) is 5.32 Å². The van der Waals surface area contributed by atoms with Gasteiger partial charge in [-0.3, -0.25) is 4.79 Å². The van der Waals surface area contributed by atoms with Gasteiger partial charge in [0.15, 0.2) is 0 Å². The lowest BCUT2D eigenvalue weighted by molar-refractivity contribution is 0.0787. The standard InChI is InChI=1S/C20H25N3O3/c1-15-6-3-4-7-18(15)26-13-5-12-23(2)19(24)17-10-8-16(9-11-17)14-22-20(21)25/h3-4,6-11H,5,12-14H2,1-2H3,(H3,21,22,25). The maximum atomic E-state index is 12.4. The predicted octanol–water partition coefficient (Wildman–Crippen LogP) is 2.70. The topological polar surface area (TPSA) is 84.7 Å². The van der Waals surface area contributed by atoms with Gasteiger partial charge in [0.1, 0.15) is 5.75 Å². The lowest BCUT2D eigenvalue weighted by atomic mass is 10.1. The number of ether oxygens (including phenoxy) is 1. The number of benzene rings is 2. The first-order valence-electron chi connectivity index (χ1n) is 8.53. The number of hydrogen-bond acceptors (Lipinski definition) is 3. The molecule has 3 amide bonds. The molecule has 26 heavy (non-hydrogen) atoms. The van der Waals surface area contributed by atoms with Crippen LogP contribution in [0.2, 0.25) is 0 Å². The second-order valence-electron chi connectivity index (χ2n) is 6.11. The number of primary amides is 1. The van der Waals surface area contributed by atoms with Crippen molar-refractivity contribution in [2.75, 3.05) is 20.2 Å². The summed E-state index contributed by atoms with van der Waals surface area (Å²) in [5.74, 6) is 0.831. The van der Waals surface area contributed by atoms with Crippen LogP contribution in [0.1, 0.15) is 27.9 Å². The summed E-state index contributed by atoms with van der Waals surface area (Å²) in [6, 6.07) is 14.4. The Labute approximate surface area is 153 Å². The molecule has 0 unspecified atom stereocenters. The fourth-order valence-corrected chi connectivity index (χ4v) is 2.48. The summed E-state index contributed by atoms with van der Waals surface area (Å²) in [5.41, 5.74) is 7.63. The van der Waals surface area contributed by atoms with E-state index in [1.54, 1.807) is 36.2 Å². The van der Waals surface area contributed by atoms with Crippen LogP contribution in [0.5, 0.6) is 5.75 Å². The molecule has 6 heteroatoms. The summed E-state index contributed by atoms with van der Waals surface area (Å²) in [7, 11) is 1.78. The Balaban J connectivity index is 1.78. The third-order valence-corrected chi connectivity index (χ3v) is 4.00. The van der Waals surface area contributed by atoms with Crippen molar-refractivity contribution in [3.8, 4) is 5.75 Å².